The molecular weight excluding hydrogens is 214 g/mol. The number of methoxy groups -OCH3 is 1. The molecule has 1 rings (SSSR count). The fourth-order valence-electron chi connectivity index (χ4n) is 2.01. The van der Waals surface area contributed by atoms with Crippen molar-refractivity contribution in [2.24, 2.45) is 0 Å². The zero-order valence-electron chi connectivity index (χ0n) is 11.3. The Hall–Kier alpha value is -0.870. The Labute approximate surface area is 104 Å². The summed E-state index contributed by atoms with van der Waals surface area (Å²) in [5.74, 6) is 0. The predicted molar refractivity (Wildman–Crippen MR) is 70.0 cm³/mol. The van der Waals surface area contributed by atoms with Crippen molar-refractivity contribution in [1.29, 1.82) is 0 Å². The molecule has 1 aromatic heterocycles. The van der Waals surface area contributed by atoms with Crippen molar-refractivity contribution in [3.05, 3.63) is 18.0 Å². The van der Waals surface area contributed by atoms with Crippen LogP contribution in [0.25, 0.3) is 0 Å². The Balaban J connectivity index is 2.60. The number of hydrogen-bond donors (Lipinski definition) is 1. The van der Waals surface area contributed by atoms with E-state index in [1.807, 2.05) is 6.20 Å². The highest BCUT2D eigenvalue weighted by Gasteiger charge is 2.14. The van der Waals surface area contributed by atoms with Crippen molar-refractivity contribution in [2.45, 2.75) is 45.7 Å². The van der Waals surface area contributed by atoms with Gasteiger partial charge in [-0.1, -0.05) is 6.92 Å². The highest BCUT2D eigenvalue weighted by Crippen LogP contribution is 2.18. The maximum atomic E-state index is 5.12. The Bertz CT molecular complexity index is 299. The average molecular weight is 239 g/mol. The molecule has 0 bridgehead atoms. The first kappa shape index (κ1) is 14.2. The summed E-state index contributed by atoms with van der Waals surface area (Å²) in [4.78, 5) is 0. The molecule has 1 unspecified atom stereocenters. The number of hydrogen-bond acceptors (Lipinski definition) is 3. The first-order valence-electron chi connectivity index (χ1n) is 6.57. The Morgan fingerprint density at radius 1 is 1.47 bits per heavy atom. The lowest BCUT2D eigenvalue weighted by atomic mass is 10.1. The van der Waals surface area contributed by atoms with Gasteiger partial charge in [-0.05, 0) is 38.8 Å². The third-order valence-corrected chi connectivity index (χ3v) is 2.89. The third-order valence-electron chi connectivity index (χ3n) is 2.89. The molecule has 0 aliphatic heterocycles. The minimum Gasteiger partial charge on any atom is -0.385 e. The summed E-state index contributed by atoms with van der Waals surface area (Å²) >= 11 is 0. The van der Waals surface area contributed by atoms with Gasteiger partial charge in [-0.25, -0.2) is 0 Å². The zero-order valence-corrected chi connectivity index (χ0v) is 11.3. The summed E-state index contributed by atoms with van der Waals surface area (Å²) in [6.45, 7) is 7.12. The van der Waals surface area contributed by atoms with E-state index in [2.05, 4.69) is 35.0 Å². The summed E-state index contributed by atoms with van der Waals surface area (Å²) < 4.78 is 7.19. The van der Waals surface area contributed by atoms with E-state index in [1.165, 1.54) is 5.69 Å². The van der Waals surface area contributed by atoms with Gasteiger partial charge in [-0.15, -0.1) is 0 Å². The van der Waals surface area contributed by atoms with Crippen LogP contribution in [0.15, 0.2) is 12.3 Å². The number of nitrogens with one attached hydrogen (secondary N) is 1. The molecule has 0 aliphatic rings. The van der Waals surface area contributed by atoms with Crippen molar-refractivity contribution in [3.63, 3.8) is 0 Å². The summed E-state index contributed by atoms with van der Waals surface area (Å²) in [6.07, 6.45) is 5.21. The summed E-state index contributed by atoms with van der Waals surface area (Å²) in [7, 11) is 1.75. The molecule has 4 nitrogen and oxygen atoms in total. The van der Waals surface area contributed by atoms with Crippen molar-refractivity contribution in [3.8, 4) is 0 Å². The number of aromatic nitrogens is 2. The highest BCUT2D eigenvalue weighted by atomic mass is 16.5. The molecule has 17 heavy (non-hydrogen) atoms. The second-order valence-electron chi connectivity index (χ2n) is 4.21. The topological polar surface area (TPSA) is 39.1 Å². The molecule has 0 saturated heterocycles. The second-order valence-corrected chi connectivity index (χ2v) is 4.21. The van der Waals surface area contributed by atoms with Crippen LogP contribution in [0.1, 0.15) is 44.8 Å². The van der Waals surface area contributed by atoms with Gasteiger partial charge in [0.15, 0.2) is 0 Å². The van der Waals surface area contributed by atoms with Gasteiger partial charge in [-0.3, -0.25) is 4.68 Å². The molecule has 1 atom stereocenters. The molecule has 0 saturated carbocycles. The lowest BCUT2D eigenvalue weighted by Gasteiger charge is -2.19. The quantitative estimate of drug-likeness (QED) is 0.672. The van der Waals surface area contributed by atoms with Crippen LogP contribution in [-0.2, 0) is 11.3 Å². The van der Waals surface area contributed by atoms with E-state index in [0.717, 1.165) is 39.0 Å². The van der Waals surface area contributed by atoms with Gasteiger partial charge in [0, 0.05) is 32.5 Å². The maximum Gasteiger partial charge on any atom is 0.0553 e. The predicted octanol–water partition coefficient (Wildman–Crippen LogP) is 2.37. The number of aryl methyl sites for hydroxylation is 1. The minimum absolute atomic E-state index is 0.396. The average Bonchev–Trinajstić information content (AvgIpc) is 2.81. The van der Waals surface area contributed by atoms with Crippen LogP contribution in [0.5, 0.6) is 0 Å². The van der Waals surface area contributed by atoms with Gasteiger partial charge >= 0.3 is 0 Å². The summed E-state index contributed by atoms with van der Waals surface area (Å²) in [5, 5.41) is 7.93. The van der Waals surface area contributed by atoms with Crippen molar-refractivity contribution in [1.82, 2.24) is 15.1 Å². The van der Waals surface area contributed by atoms with Gasteiger partial charge < -0.3 is 10.1 Å². The second kappa shape index (κ2) is 8.25. The number of rotatable bonds is 9. The summed E-state index contributed by atoms with van der Waals surface area (Å²) in [6, 6.07) is 2.51. The molecule has 0 radical (unpaired) electrons. The van der Waals surface area contributed by atoms with Crippen molar-refractivity contribution >= 4 is 0 Å². The first-order valence-corrected chi connectivity index (χ1v) is 6.57. The number of ether oxygens (including phenoxy) is 1. The molecule has 98 valence electrons. The van der Waals surface area contributed by atoms with Gasteiger partial charge in [0.2, 0.25) is 0 Å². The molecule has 0 fully saturated rings. The Morgan fingerprint density at radius 2 is 2.29 bits per heavy atom. The van der Waals surface area contributed by atoms with Crippen LogP contribution in [0, 0.1) is 0 Å². The smallest absolute Gasteiger partial charge is 0.0553 e. The van der Waals surface area contributed by atoms with Crippen LogP contribution in [0.3, 0.4) is 0 Å². The molecule has 1 N–H and O–H groups in total. The standard InChI is InChI=1S/C13H25N3O/c1-4-9-14-12(7-6-11-17-3)13-8-10-15-16(13)5-2/h8,10,12,14H,4-7,9,11H2,1-3H3. The van der Waals surface area contributed by atoms with E-state index in [0.29, 0.717) is 6.04 Å². The Kier molecular flexibility index (Phi) is 6.89. The fourth-order valence-corrected chi connectivity index (χ4v) is 2.01. The molecule has 0 amide bonds. The van der Waals surface area contributed by atoms with Crippen LogP contribution in [-0.4, -0.2) is 30.0 Å². The molecule has 1 heterocycles. The highest BCUT2D eigenvalue weighted by molar-refractivity contribution is 5.07. The van der Waals surface area contributed by atoms with Crippen LogP contribution in [0.2, 0.25) is 0 Å². The largest absolute Gasteiger partial charge is 0.385 e. The SMILES string of the molecule is CCCNC(CCCOC)c1ccnn1CC. The van der Waals surface area contributed by atoms with E-state index in [4.69, 9.17) is 4.74 Å². The fraction of sp³-hybridized carbons (Fsp3) is 0.769. The van der Waals surface area contributed by atoms with Gasteiger partial charge in [0.25, 0.3) is 0 Å². The minimum atomic E-state index is 0.396. The molecule has 1 aromatic rings. The van der Waals surface area contributed by atoms with E-state index < -0.39 is 0 Å². The van der Waals surface area contributed by atoms with E-state index >= 15 is 0 Å². The van der Waals surface area contributed by atoms with Crippen LogP contribution >= 0.6 is 0 Å². The van der Waals surface area contributed by atoms with Gasteiger partial charge in [-0.2, -0.15) is 5.10 Å². The number of nitrogens with zero attached hydrogens (tertiary/aromatic N) is 2. The third kappa shape index (κ3) is 4.48. The van der Waals surface area contributed by atoms with Crippen molar-refractivity contribution in [2.75, 3.05) is 20.3 Å². The molecule has 4 heteroatoms. The van der Waals surface area contributed by atoms with Crippen LogP contribution in [0.4, 0.5) is 0 Å². The molecule has 0 aromatic carbocycles. The van der Waals surface area contributed by atoms with Crippen molar-refractivity contribution < 1.29 is 4.74 Å². The zero-order chi connectivity index (χ0) is 12.5. The first-order chi connectivity index (χ1) is 8.33. The molecule has 0 spiro atoms. The summed E-state index contributed by atoms with van der Waals surface area (Å²) in [5.41, 5.74) is 1.29. The maximum absolute atomic E-state index is 5.12. The lowest BCUT2D eigenvalue weighted by molar-refractivity contribution is 0.188. The Morgan fingerprint density at radius 3 is 2.94 bits per heavy atom. The monoisotopic (exact) mass is 239 g/mol. The molecule has 0 aliphatic carbocycles. The van der Waals surface area contributed by atoms with Gasteiger partial charge in [0.1, 0.15) is 0 Å². The van der Waals surface area contributed by atoms with Gasteiger partial charge in [0.05, 0.1) is 5.69 Å². The normalized spacial score (nSPS) is 12.9. The van der Waals surface area contributed by atoms with Crippen LogP contribution < -0.4 is 5.32 Å². The van der Waals surface area contributed by atoms with E-state index in [9.17, 15) is 0 Å². The van der Waals surface area contributed by atoms with E-state index in [1.54, 1.807) is 7.11 Å². The lowest BCUT2D eigenvalue weighted by Crippen LogP contribution is -2.25. The molecular formula is C13H25N3O. The van der Waals surface area contributed by atoms with E-state index in [-0.39, 0.29) is 0 Å².